The average Bonchev–Trinajstić information content (AvgIpc) is 2.81. The molecule has 2 aromatic heterocycles. The van der Waals surface area contributed by atoms with Crippen LogP contribution in [0.4, 0.5) is 10.5 Å². The van der Waals surface area contributed by atoms with Gasteiger partial charge in [0.05, 0.1) is 12.2 Å². The summed E-state index contributed by atoms with van der Waals surface area (Å²) >= 11 is 0. The Morgan fingerprint density at radius 3 is 2.75 bits per heavy atom. The lowest BCUT2D eigenvalue weighted by molar-refractivity contribution is 0.251. The summed E-state index contributed by atoms with van der Waals surface area (Å²) in [6, 6.07) is 4.97. The normalized spacial score (nSPS) is 9.75. The Kier molecular flexibility index (Phi) is 3.12. The first-order valence-corrected chi connectivity index (χ1v) is 4.78. The molecule has 0 aromatic carbocycles. The maximum absolute atomic E-state index is 11.4. The predicted octanol–water partition coefficient (Wildman–Crippen LogP) is 1.13. The minimum Gasteiger partial charge on any atom is -0.332 e. The Balaban J connectivity index is 1.81. The molecule has 0 saturated heterocycles. The third kappa shape index (κ3) is 2.81. The Hall–Kier alpha value is -2.37. The highest BCUT2D eigenvalue weighted by atomic mass is 16.2. The van der Waals surface area contributed by atoms with E-state index in [1.165, 1.54) is 0 Å². The van der Waals surface area contributed by atoms with Crippen molar-refractivity contribution in [2.45, 2.75) is 6.54 Å². The van der Waals surface area contributed by atoms with Crippen LogP contribution in [0.2, 0.25) is 0 Å². The number of aromatic amines is 1. The van der Waals surface area contributed by atoms with Gasteiger partial charge in [0.1, 0.15) is 0 Å². The third-order valence-corrected chi connectivity index (χ3v) is 1.94. The topological polar surface area (TPSA) is 82.7 Å². The van der Waals surface area contributed by atoms with Gasteiger partial charge in [0, 0.05) is 24.3 Å². The molecule has 2 aromatic rings. The number of nitrogens with one attached hydrogen (secondary N) is 3. The lowest BCUT2D eigenvalue weighted by atomic mass is 10.4. The van der Waals surface area contributed by atoms with E-state index in [4.69, 9.17) is 0 Å². The fraction of sp³-hybridized carbons (Fsp3) is 0.100. The number of hydrogen-bond donors (Lipinski definition) is 3. The molecule has 6 heteroatoms. The van der Waals surface area contributed by atoms with E-state index < -0.39 is 0 Å². The molecule has 0 saturated carbocycles. The average molecular weight is 217 g/mol. The van der Waals surface area contributed by atoms with Gasteiger partial charge in [0.2, 0.25) is 0 Å². The molecule has 0 aliphatic heterocycles. The molecule has 16 heavy (non-hydrogen) atoms. The van der Waals surface area contributed by atoms with Crippen molar-refractivity contribution in [1.29, 1.82) is 0 Å². The summed E-state index contributed by atoms with van der Waals surface area (Å²) in [6.07, 6.45) is 4.87. The van der Waals surface area contributed by atoms with Crippen molar-refractivity contribution in [3.8, 4) is 0 Å². The highest BCUT2D eigenvalue weighted by Gasteiger charge is 2.01. The van der Waals surface area contributed by atoms with Crippen LogP contribution in [0, 0.1) is 0 Å². The van der Waals surface area contributed by atoms with E-state index in [0.717, 1.165) is 5.69 Å². The highest BCUT2D eigenvalue weighted by molar-refractivity contribution is 5.88. The second-order valence-corrected chi connectivity index (χ2v) is 3.13. The number of nitrogens with zero attached hydrogens (tertiary/aromatic N) is 2. The van der Waals surface area contributed by atoms with Gasteiger partial charge in [0.25, 0.3) is 0 Å². The van der Waals surface area contributed by atoms with E-state index in [9.17, 15) is 4.79 Å². The standard InChI is InChI=1S/C10H11N5O/c16-10(12-7-9-3-6-13-15-9)14-8-1-4-11-5-2-8/h1-6H,7H2,(H,13,15)(H2,11,12,14,16). The van der Waals surface area contributed by atoms with Crippen LogP contribution >= 0.6 is 0 Å². The Morgan fingerprint density at radius 1 is 1.25 bits per heavy atom. The van der Waals surface area contributed by atoms with Gasteiger partial charge in [-0.3, -0.25) is 10.1 Å². The zero-order chi connectivity index (χ0) is 11.2. The largest absolute Gasteiger partial charge is 0.332 e. The van der Waals surface area contributed by atoms with Gasteiger partial charge < -0.3 is 10.6 Å². The number of hydrogen-bond acceptors (Lipinski definition) is 3. The number of urea groups is 1. The number of H-pyrrole nitrogens is 1. The van der Waals surface area contributed by atoms with Crippen molar-refractivity contribution in [2.75, 3.05) is 5.32 Å². The number of anilines is 1. The minimum absolute atomic E-state index is 0.263. The van der Waals surface area contributed by atoms with Crippen molar-refractivity contribution in [1.82, 2.24) is 20.5 Å². The van der Waals surface area contributed by atoms with Gasteiger partial charge >= 0.3 is 6.03 Å². The Morgan fingerprint density at radius 2 is 2.06 bits per heavy atom. The van der Waals surface area contributed by atoms with Crippen molar-refractivity contribution in [3.63, 3.8) is 0 Å². The van der Waals surface area contributed by atoms with Crippen molar-refractivity contribution in [2.24, 2.45) is 0 Å². The van der Waals surface area contributed by atoms with Gasteiger partial charge in [-0.15, -0.1) is 0 Å². The molecular formula is C10H11N5O. The SMILES string of the molecule is O=C(NCc1ccn[nH]1)Nc1ccncc1. The molecule has 0 unspecified atom stereocenters. The summed E-state index contributed by atoms with van der Waals surface area (Å²) in [6.45, 7) is 0.414. The number of aromatic nitrogens is 3. The van der Waals surface area contributed by atoms with Gasteiger partial charge in [-0.1, -0.05) is 0 Å². The summed E-state index contributed by atoms with van der Waals surface area (Å²) in [5.74, 6) is 0. The Labute approximate surface area is 92.1 Å². The molecule has 82 valence electrons. The molecule has 6 nitrogen and oxygen atoms in total. The molecule has 0 fully saturated rings. The molecule has 0 spiro atoms. The van der Waals surface area contributed by atoms with Crippen LogP contribution in [0.25, 0.3) is 0 Å². The van der Waals surface area contributed by atoms with E-state index >= 15 is 0 Å². The number of pyridine rings is 1. The van der Waals surface area contributed by atoms with Gasteiger partial charge in [-0.05, 0) is 18.2 Å². The number of rotatable bonds is 3. The molecule has 0 aliphatic carbocycles. The third-order valence-electron chi connectivity index (χ3n) is 1.94. The number of carbonyl (C=O) groups excluding carboxylic acids is 1. The quantitative estimate of drug-likeness (QED) is 0.720. The van der Waals surface area contributed by atoms with Crippen LogP contribution in [0.5, 0.6) is 0 Å². The number of carbonyl (C=O) groups is 1. The highest BCUT2D eigenvalue weighted by Crippen LogP contribution is 2.02. The van der Waals surface area contributed by atoms with Crippen LogP contribution in [0.15, 0.2) is 36.8 Å². The fourth-order valence-corrected chi connectivity index (χ4v) is 1.17. The van der Waals surface area contributed by atoms with Crippen LogP contribution in [0.3, 0.4) is 0 Å². The van der Waals surface area contributed by atoms with Gasteiger partial charge in [-0.25, -0.2) is 4.79 Å². The molecular weight excluding hydrogens is 206 g/mol. The summed E-state index contributed by atoms with van der Waals surface area (Å²) < 4.78 is 0. The van der Waals surface area contributed by atoms with Crippen molar-refractivity contribution in [3.05, 3.63) is 42.5 Å². The molecule has 3 N–H and O–H groups in total. The first-order chi connectivity index (χ1) is 7.84. The Bertz CT molecular complexity index is 439. The van der Waals surface area contributed by atoms with E-state index in [0.29, 0.717) is 12.2 Å². The monoisotopic (exact) mass is 217 g/mol. The van der Waals surface area contributed by atoms with Gasteiger partial charge in [-0.2, -0.15) is 5.10 Å². The molecule has 0 aliphatic rings. The fourth-order valence-electron chi connectivity index (χ4n) is 1.17. The lowest BCUT2D eigenvalue weighted by Gasteiger charge is -2.05. The molecule has 0 bridgehead atoms. The van der Waals surface area contributed by atoms with E-state index in [1.54, 1.807) is 36.8 Å². The maximum Gasteiger partial charge on any atom is 0.319 e. The van der Waals surface area contributed by atoms with Crippen LogP contribution in [0.1, 0.15) is 5.69 Å². The molecule has 0 radical (unpaired) electrons. The molecule has 0 atom stereocenters. The molecule has 2 rings (SSSR count). The van der Waals surface area contributed by atoms with Crippen molar-refractivity contribution >= 4 is 11.7 Å². The summed E-state index contributed by atoms with van der Waals surface area (Å²) in [5, 5.41) is 11.9. The van der Waals surface area contributed by atoms with E-state index in [-0.39, 0.29) is 6.03 Å². The minimum atomic E-state index is -0.263. The zero-order valence-electron chi connectivity index (χ0n) is 8.47. The van der Waals surface area contributed by atoms with Crippen LogP contribution in [-0.4, -0.2) is 21.2 Å². The van der Waals surface area contributed by atoms with E-state index in [1.807, 2.05) is 0 Å². The second-order valence-electron chi connectivity index (χ2n) is 3.13. The summed E-state index contributed by atoms with van der Waals surface area (Å²) in [4.78, 5) is 15.3. The van der Waals surface area contributed by atoms with Crippen LogP contribution < -0.4 is 10.6 Å². The predicted molar refractivity (Wildman–Crippen MR) is 58.7 cm³/mol. The number of amides is 2. The van der Waals surface area contributed by atoms with E-state index in [2.05, 4.69) is 25.8 Å². The summed E-state index contributed by atoms with van der Waals surface area (Å²) in [7, 11) is 0. The van der Waals surface area contributed by atoms with Crippen LogP contribution in [-0.2, 0) is 6.54 Å². The molecule has 2 amide bonds. The summed E-state index contributed by atoms with van der Waals surface area (Å²) in [5.41, 5.74) is 1.56. The second kappa shape index (κ2) is 4.92. The van der Waals surface area contributed by atoms with Gasteiger partial charge in [0.15, 0.2) is 0 Å². The molecule has 2 heterocycles. The first-order valence-electron chi connectivity index (χ1n) is 4.78. The van der Waals surface area contributed by atoms with Crippen molar-refractivity contribution < 1.29 is 4.79 Å². The lowest BCUT2D eigenvalue weighted by Crippen LogP contribution is -2.28. The first kappa shape index (κ1) is 10.2. The smallest absolute Gasteiger partial charge is 0.319 e. The maximum atomic E-state index is 11.4. The zero-order valence-corrected chi connectivity index (χ0v) is 8.47.